The van der Waals surface area contributed by atoms with Crippen LogP contribution in [0.4, 0.5) is 0 Å². The van der Waals surface area contributed by atoms with E-state index < -0.39 is 0 Å². The second kappa shape index (κ2) is 6.78. The van der Waals surface area contributed by atoms with Crippen molar-refractivity contribution in [2.75, 3.05) is 0 Å². The number of aliphatic hydroxyl groups excluding tert-OH is 1. The number of hydrogen-bond donors (Lipinski definition) is 1. The first-order valence-corrected chi connectivity index (χ1v) is 7.99. The summed E-state index contributed by atoms with van der Waals surface area (Å²) in [6.07, 6.45) is 14.8. The average Bonchev–Trinajstić information content (AvgIpc) is 2.60. The van der Waals surface area contributed by atoms with Crippen LogP contribution in [0.2, 0.25) is 0 Å². The fourth-order valence-corrected chi connectivity index (χ4v) is 4.20. The molecule has 0 bridgehead atoms. The first-order chi connectivity index (χ1) is 8.31. The Bertz CT molecular complexity index is 206. The van der Waals surface area contributed by atoms with Gasteiger partial charge in [0.05, 0.1) is 6.10 Å². The van der Waals surface area contributed by atoms with Gasteiger partial charge in [0.1, 0.15) is 0 Å². The summed E-state index contributed by atoms with van der Waals surface area (Å²) in [5.74, 6) is 2.39. The fraction of sp³-hybridized carbons (Fsp3) is 1.00. The van der Waals surface area contributed by atoms with E-state index in [1.54, 1.807) is 0 Å². The quantitative estimate of drug-likeness (QED) is 0.716. The highest BCUT2D eigenvalue weighted by Gasteiger charge is 2.34. The predicted octanol–water partition coefficient (Wildman–Crippen LogP) is 4.53. The maximum Gasteiger partial charge on any atom is 0.0571 e. The van der Waals surface area contributed by atoms with Crippen molar-refractivity contribution >= 4 is 0 Å². The van der Waals surface area contributed by atoms with Crippen LogP contribution in [0.1, 0.15) is 77.6 Å². The summed E-state index contributed by atoms with van der Waals surface area (Å²) in [4.78, 5) is 0. The van der Waals surface area contributed by atoms with Gasteiger partial charge in [0.25, 0.3) is 0 Å². The number of hydrogen-bond acceptors (Lipinski definition) is 1. The zero-order chi connectivity index (χ0) is 12.1. The molecule has 1 N–H and O–H groups in total. The molecule has 1 nitrogen and oxygen atoms in total. The van der Waals surface area contributed by atoms with Crippen molar-refractivity contribution < 1.29 is 5.11 Å². The molecule has 17 heavy (non-hydrogen) atoms. The van der Waals surface area contributed by atoms with E-state index in [4.69, 9.17) is 0 Å². The van der Waals surface area contributed by atoms with Crippen LogP contribution in [0.3, 0.4) is 0 Å². The molecule has 0 aromatic rings. The summed E-state index contributed by atoms with van der Waals surface area (Å²) in [7, 11) is 0. The van der Waals surface area contributed by atoms with Gasteiger partial charge >= 0.3 is 0 Å². The Morgan fingerprint density at radius 1 is 0.941 bits per heavy atom. The van der Waals surface area contributed by atoms with Gasteiger partial charge in [0.15, 0.2) is 0 Å². The van der Waals surface area contributed by atoms with Gasteiger partial charge in [-0.05, 0) is 37.0 Å². The molecular formula is C16H30O. The zero-order valence-corrected chi connectivity index (χ0v) is 11.5. The third-order valence-electron chi connectivity index (χ3n) is 5.17. The van der Waals surface area contributed by atoms with Crippen LogP contribution in [0.25, 0.3) is 0 Å². The molecule has 0 heterocycles. The summed E-state index contributed by atoms with van der Waals surface area (Å²) in [6.45, 7) is 2.30. The van der Waals surface area contributed by atoms with Gasteiger partial charge in [0, 0.05) is 0 Å². The van der Waals surface area contributed by atoms with Crippen molar-refractivity contribution in [3.8, 4) is 0 Å². The molecule has 0 spiro atoms. The second-order valence-electron chi connectivity index (χ2n) is 6.45. The zero-order valence-electron chi connectivity index (χ0n) is 11.5. The molecule has 2 rings (SSSR count). The standard InChI is InChI=1S/C16H30O/c1-2-7-13-10-11-16(17)15(12-13)14-8-5-3-4-6-9-14/h13-17H,2-12H2,1H3. The van der Waals surface area contributed by atoms with Crippen LogP contribution in [-0.4, -0.2) is 11.2 Å². The molecule has 0 aromatic heterocycles. The summed E-state index contributed by atoms with van der Waals surface area (Å²) in [6, 6.07) is 0. The molecule has 3 unspecified atom stereocenters. The number of rotatable bonds is 3. The van der Waals surface area contributed by atoms with Crippen LogP contribution in [0.5, 0.6) is 0 Å². The molecule has 0 saturated heterocycles. The van der Waals surface area contributed by atoms with E-state index in [9.17, 15) is 5.11 Å². The van der Waals surface area contributed by atoms with Gasteiger partial charge in [0.2, 0.25) is 0 Å². The maximum absolute atomic E-state index is 10.3. The largest absolute Gasteiger partial charge is 0.393 e. The Labute approximate surface area is 107 Å². The van der Waals surface area contributed by atoms with E-state index in [1.807, 2.05) is 0 Å². The SMILES string of the molecule is CCCC1CCC(O)C(C2CCCCCC2)C1. The third-order valence-corrected chi connectivity index (χ3v) is 5.17. The normalized spacial score (nSPS) is 36.7. The van der Waals surface area contributed by atoms with Gasteiger partial charge in [-0.15, -0.1) is 0 Å². The molecule has 0 aromatic carbocycles. The first-order valence-electron chi connectivity index (χ1n) is 7.99. The van der Waals surface area contributed by atoms with Crippen molar-refractivity contribution in [2.45, 2.75) is 83.7 Å². The van der Waals surface area contributed by atoms with E-state index in [-0.39, 0.29) is 6.10 Å². The maximum atomic E-state index is 10.3. The van der Waals surface area contributed by atoms with Gasteiger partial charge in [-0.1, -0.05) is 58.3 Å². The lowest BCUT2D eigenvalue weighted by molar-refractivity contribution is 0.0109. The van der Waals surface area contributed by atoms with Gasteiger partial charge in [-0.3, -0.25) is 0 Å². The fourth-order valence-electron chi connectivity index (χ4n) is 4.20. The van der Waals surface area contributed by atoms with Crippen LogP contribution < -0.4 is 0 Å². The molecule has 100 valence electrons. The minimum Gasteiger partial charge on any atom is -0.393 e. The highest BCUT2D eigenvalue weighted by molar-refractivity contribution is 4.85. The van der Waals surface area contributed by atoms with Crippen LogP contribution in [0.15, 0.2) is 0 Å². The van der Waals surface area contributed by atoms with Crippen LogP contribution in [-0.2, 0) is 0 Å². The minimum atomic E-state index is 0.0196. The Hall–Kier alpha value is -0.0400. The predicted molar refractivity (Wildman–Crippen MR) is 72.9 cm³/mol. The summed E-state index contributed by atoms with van der Waals surface area (Å²) < 4.78 is 0. The van der Waals surface area contributed by atoms with E-state index in [0.29, 0.717) is 5.92 Å². The molecule has 0 amide bonds. The summed E-state index contributed by atoms with van der Waals surface area (Å²) in [5.41, 5.74) is 0. The van der Waals surface area contributed by atoms with Gasteiger partial charge in [-0.2, -0.15) is 0 Å². The Kier molecular flexibility index (Phi) is 5.34. The van der Waals surface area contributed by atoms with Crippen molar-refractivity contribution in [2.24, 2.45) is 17.8 Å². The molecule has 0 aliphatic heterocycles. The highest BCUT2D eigenvalue weighted by Crippen LogP contribution is 2.41. The van der Waals surface area contributed by atoms with E-state index in [0.717, 1.165) is 18.3 Å². The molecule has 2 fully saturated rings. The molecule has 3 atom stereocenters. The average molecular weight is 238 g/mol. The van der Waals surface area contributed by atoms with E-state index >= 15 is 0 Å². The molecule has 2 aliphatic rings. The lowest BCUT2D eigenvalue weighted by Crippen LogP contribution is -2.34. The van der Waals surface area contributed by atoms with Gasteiger partial charge < -0.3 is 5.11 Å². The van der Waals surface area contributed by atoms with Crippen LogP contribution in [0, 0.1) is 17.8 Å². The first kappa shape index (κ1) is 13.4. The Morgan fingerprint density at radius 3 is 2.29 bits per heavy atom. The lowest BCUT2D eigenvalue weighted by atomic mass is 9.70. The second-order valence-corrected chi connectivity index (χ2v) is 6.45. The molecular weight excluding hydrogens is 208 g/mol. The smallest absolute Gasteiger partial charge is 0.0571 e. The highest BCUT2D eigenvalue weighted by atomic mass is 16.3. The van der Waals surface area contributed by atoms with E-state index in [1.165, 1.54) is 64.2 Å². The number of aliphatic hydroxyl groups is 1. The van der Waals surface area contributed by atoms with Crippen LogP contribution >= 0.6 is 0 Å². The molecule has 0 radical (unpaired) electrons. The Balaban J connectivity index is 1.91. The topological polar surface area (TPSA) is 20.2 Å². The molecule has 2 aliphatic carbocycles. The van der Waals surface area contributed by atoms with E-state index in [2.05, 4.69) is 6.92 Å². The third kappa shape index (κ3) is 3.71. The van der Waals surface area contributed by atoms with Crippen molar-refractivity contribution in [1.82, 2.24) is 0 Å². The van der Waals surface area contributed by atoms with Crippen molar-refractivity contribution in [3.63, 3.8) is 0 Å². The summed E-state index contributed by atoms with van der Waals surface area (Å²) in [5, 5.41) is 10.3. The van der Waals surface area contributed by atoms with Crippen molar-refractivity contribution in [3.05, 3.63) is 0 Å². The summed E-state index contributed by atoms with van der Waals surface area (Å²) >= 11 is 0. The molecule has 1 heteroatoms. The minimum absolute atomic E-state index is 0.0196. The molecule has 2 saturated carbocycles. The van der Waals surface area contributed by atoms with Gasteiger partial charge in [-0.25, -0.2) is 0 Å². The Morgan fingerprint density at radius 2 is 1.65 bits per heavy atom. The lowest BCUT2D eigenvalue weighted by Gasteiger charge is -2.38. The van der Waals surface area contributed by atoms with Crippen molar-refractivity contribution in [1.29, 1.82) is 0 Å². The monoisotopic (exact) mass is 238 g/mol.